The van der Waals surface area contributed by atoms with Gasteiger partial charge in [-0.2, -0.15) is 0 Å². The molecule has 3 aromatic carbocycles. The van der Waals surface area contributed by atoms with Crippen molar-refractivity contribution in [2.75, 3.05) is 17.3 Å². The zero-order valence-corrected chi connectivity index (χ0v) is 18.1. The highest BCUT2D eigenvalue weighted by Crippen LogP contribution is 2.34. The molecule has 2 N–H and O–H groups in total. The van der Waals surface area contributed by atoms with E-state index < -0.39 is 0 Å². The van der Waals surface area contributed by atoms with Gasteiger partial charge in [0.15, 0.2) is 5.11 Å². The van der Waals surface area contributed by atoms with Gasteiger partial charge >= 0.3 is 0 Å². The van der Waals surface area contributed by atoms with Crippen molar-refractivity contribution in [3.63, 3.8) is 0 Å². The normalized spacial score (nSPS) is 16.0. The lowest BCUT2D eigenvalue weighted by atomic mass is 9.94. The number of carbonyl (C=O) groups is 1. The minimum absolute atomic E-state index is 0.216. The largest absolute Gasteiger partial charge is 0.495 e. The van der Waals surface area contributed by atoms with Crippen LogP contribution in [0, 0.1) is 0 Å². The molecular weight excluding hydrogens is 406 g/mol. The Labute approximate surface area is 187 Å². The number of nitrogens with one attached hydrogen (secondary N) is 2. The van der Waals surface area contributed by atoms with Gasteiger partial charge in [-0.3, -0.25) is 9.69 Å². The minimum Gasteiger partial charge on any atom is -0.495 e. The minimum atomic E-state index is -0.372. The van der Waals surface area contributed by atoms with Crippen LogP contribution >= 0.6 is 12.2 Å². The number of amides is 1. The number of ether oxygens (including phenoxy) is 1. The lowest BCUT2D eigenvalue weighted by Gasteiger charge is -2.38. The van der Waals surface area contributed by atoms with Crippen molar-refractivity contribution >= 4 is 34.6 Å². The summed E-state index contributed by atoms with van der Waals surface area (Å²) in [5, 5.41) is 6.93. The van der Waals surface area contributed by atoms with Crippen LogP contribution in [0.1, 0.15) is 18.5 Å². The van der Waals surface area contributed by atoms with Gasteiger partial charge in [0.1, 0.15) is 5.75 Å². The Morgan fingerprint density at radius 1 is 0.968 bits per heavy atom. The number of rotatable bonds is 5. The maximum absolute atomic E-state index is 13.6. The number of thiocarbonyl (C=S) groups is 1. The van der Waals surface area contributed by atoms with Crippen LogP contribution in [0.25, 0.3) is 0 Å². The van der Waals surface area contributed by atoms with Crippen molar-refractivity contribution in [2.45, 2.75) is 13.0 Å². The highest BCUT2D eigenvalue weighted by molar-refractivity contribution is 7.80. The molecule has 1 aliphatic rings. The summed E-state index contributed by atoms with van der Waals surface area (Å²) in [5.41, 5.74) is 3.83. The van der Waals surface area contributed by atoms with Crippen molar-refractivity contribution in [1.82, 2.24) is 5.32 Å². The first-order valence-electron chi connectivity index (χ1n) is 9.96. The van der Waals surface area contributed by atoms with Crippen molar-refractivity contribution in [2.24, 2.45) is 0 Å². The molecule has 6 heteroatoms. The predicted octanol–water partition coefficient (Wildman–Crippen LogP) is 5.04. The summed E-state index contributed by atoms with van der Waals surface area (Å²) in [5.74, 6) is 0.386. The monoisotopic (exact) mass is 429 g/mol. The van der Waals surface area contributed by atoms with E-state index in [1.807, 2.05) is 96.8 Å². The second-order valence-corrected chi connectivity index (χ2v) is 7.50. The molecule has 0 radical (unpaired) electrons. The third-order valence-corrected chi connectivity index (χ3v) is 5.53. The number of benzene rings is 3. The van der Waals surface area contributed by atoms with E-state index >= 15 is 0 Å². The van der Waals surface area contributed by atoms with E-state index in [0.29, 0.717) is 22.1 Å². The van der Waals surface area contributed by atoms with E-state index in [-0.39, 0.29) is 11.9 Å². The molecule has 0 saturated heterocycles. The topological polar surface area (TPSA) is 53.6 Å². The highest BCUT2D eigenvalue weighted by atomic mass is 32.1. The van der Waals surface area contributed by atoms with E-state index in [4.69, 9.17) is 17.0 Å². The third-order valence-electron chi connectivity index (χ3n) is 5.23. The predicted molar refractivity (Wildman–Crippen MR) is 128 cm³/mol. The summed E-state index contributed by atoms with van der Waals surface area (Å²) < 4.78 is 5.40. The van der Waals surface area contributed by atoms with E-state index in [0.717, 1.165) is 16.9 Å². The van der Waals surface area contributed by atoms with Crippen LogP contribution in [0.5, 0.6) is 5.75 Å². The molecule has 1 amide bonds. The van der Waals surface area contributed by atoms with Gasteiger partial charge in [0.25, 0.3) is 5.91 Å². The molecule has 0 saturated carbocycles. The molecule has 0 unspecified atom stereocenters. The number of methoxy groups -OCH3 is 1. The van der Waals surface area contributed by atoms with Gasteiger partial charge < -0.3 is 15.4 Å². The Balaban J connectivity index is 1.80. The van der Waals surface area contributed by atoms with Crippen LogP contribution in [-0.4, -0.2) is 18.1 Å². The summed E-state index contributed by atoms with van der Waals surface area (Å²) in [6, 6.07) is 26.6. The molecule has 1 atom stereocenters. The molecule has 0 fully saturated rings. The van der Waals surface area contributed by atoms with Gasteiger partial charge in [0, 0.05) is 11.4 Å². The average Bonchev–Trinajstić information content (AvgIpc) is 2.80. The van der Waals surface area contributed by atoms with Gasteiger partial charge in [-0.1, -0.05) is 60.7 Å². The fraction of sp³-hybridized carbons (Fsp3) is 0.120. The summed E-state index contributed by atoms with van der Waals surface area (Å²) in [4.78, 5) is 15.5. The molecule has 0 spiro atoms. The molecule has 0 bridgehead atoms. The Morgan fingerprint density at radius 3 is 2.26 bits per heavy atom. The fourth-order valence-corrected chi connectivity index (χ4v) is 4.12. The molecule has 5 nitrogen and oxygen atoms in total. The summed E-state index contributed by atoms with van der Waals surface area (Å²) in [6.07, 6.45) is 0. The van der Waals surface area contributed by atoms with Gasteiger partial charge in [-0.15, -0.1) is 0 Å². The molecule has 156 valence electrons. The first-order chi connectivity index (χ1) is 15.1. The fourth-order valence-electron chi connectivity index (χ4n) is 3.76. The number of nitrogens with zero attached hydrogens (tertiary/aromatic N) is 1. The number of anilines is 2. The average molecular weight is 430 g/mol. The SMILES string of the molecule is COc1ccccc1NC(=O)C1=C(C)N(c2ccccc2)C(=S)N[C@@H]1c1ccccc1. The second-order valence-electron chi connectivity index (χ2n) is 7.12. The number of allylic oxidation sites excluding steroid dienone is 1. The van der Waals surface area contributed by atoms with Crippen molar-refractivity contribution in [1.29, 1.82) is 0 Å². The van der Waals surface area contributed by atoms with Gasteiger partial charge in [0.2, 0.25) is 0 Å². The second kappa shape index (κ2) is 9.02. The Kier molecular flexibility index (Phi) is 6.00. The van der Waals surface area contributed by atoms with E-state index in [1.165, 1.54) is 0 Å². The molecule has 4 rings (SSSR count). The molecule has 1 heterocycles. The molecule has 1 aliphatic heterocycles. The van der Waals surface area contributed by atoms with Crippen LogP contribution < -0.4 is 20.3 Å². The van der Waals surface area contributed by atoms with E-state index in [9.17, 15) is 4.79 Å². The lowest BCUT2D eigenvalue weighted by molar-refractivity contribution is -0.113. The lowest BCUT2D eigenvalue weighted by Crippen LogP contribution is -2.48. The highest BCUT2D eigenvalue weighted by Gasteiger charge is 2.34. The Bertz CT molecular complexity index is 1130. The number of carbonyl (C=O) groups excluding carboxylic acids is 1. The third kappa shape index (κ3) is 4.15. The summed E-state index contributed by atoms with van der Waals surface area (Å²) in [7, 11) is 1.58. The Morgan fingerprint density at radius 2 is 1.58 bits per heavy atom. The quantitative estimate of drug-likeness (QED) is 0.556. The summed E-state index contributed by atoms with van der Waals surface area (Å²) >= 11 is 5.70. The maximum atomic E-state index is 13.6. The molecule has 0 aliphatic carbocycles. The van der Waals surface area contributed by atoms with Crippen LogP contribution in [0.2, 0.25) is 0 Å². The zero-order chi connectivity index (χ0) is 21.8. The molecular formula is C25H23N3O2S. The van der Waals surface area contributed by atoms with E-state index in [1.54, 1.807) is 7.11 Å². The molecule has 31 heavy (non-hydrogen) atoms. The summed E-state index contributed by atoms with van der Waals surface area (Å²) in [6.45, 7) is 1.92. The smallest absolute Gasteiger partial charge is 0.255 e. The first kappa shape index (κ1) is 20.6. The first-order valence-corrected chi connectivity index (χ1v) is 10.4. The molecule has 0 aromatic heterocycles. The van der Waals surface area contributed by atoms with Crippen LogP contribution in [-0.2, 0) is 4.79 Å². The van der Waals surface area contributed by atoms with E-state index in [2.05, 4.69) is 10.6 Å². The van der Waals surface area contributed by atoms with Crippen LogP contribution in [0.15, 0.2) is 96.2 Å². The zero-order valence-electron chi connectivity index (χ0n) is 17.3. The van der Waals surface area contributed by atoms with Crippen LogP contribution in [0.4, 0.5) is 11.4 Å². The number of hydrogen-bond acceptors (Lipinski definition) is 3. The van der Waals surface area contributed by atoms with Crippen molar-refractivity contribution < 1.29 is 9.53 Å². The van der Waals surface area contributed by atoms with Gasteiger partial charge in [0.05, 0.1) is 24.4 Å². The van der Waals surface area contributed by atoms with Gasteiger partial charge in [-0.05, 0) is 49.0 Å². The standard InChI is InChI=1S/C25H23N3O2S/c1-17-22(24(29)26-20-15-9-10-16-21(20)30-2)23(18-11-5-3-6-12-18)27-25(31)28(17)19-13-7-4-8-14-19/h3-16,23H,1-2H3,(H,26,29)(H,27,31)/t23-/m1/s1. The number of hydrogen-bond donors (Lipinski definition) is 2. The van der Waals surface area contributed by atoms with Crippen molar-refractivity contribution in [3.05, 3.63) is 102 Å². The molecule has 3 aromatic rings. The van der Waals surface area contributed by atoms with Crippen LogP contribution in [0.3, 0.4) is 0 Å². The Hall–Kier alpha value is -3.64. The van der Waals surface area contributed by atoms with Gasteiger partial charge in [-0.25, -0.2) is 0 Å². The number of para-hydroxylation sites is 3. The van der Waals surface area contributed by atoms with Crippen molar-refractivity contribution in [3.8, 4) is 5.75 Å². The maximum Gasteiger partial charge on any atom is 0.255 e.